The number of furan rings is 1. The first kappa shape index (κ1) is 19.1. The van der Waals surface area contributed by atoms with Crippen molar-refractivity contribution in [2.75, 3.05) is 11.9 Å². The van der Waals surface area contributed by atoms with Gasteiger partial charge in [0.15, 0.2) is 0 Å². The second kappa shape index (κ2) is 7.40. The summed E-state index contributed by atoms with van der Waals surface area (Å²) in [5.74, 6) is 0.410. The number of anilines is 1. The molecule has 156 valence electrons. The smallest absolute Gasteiger partial charge is 0.352 e. The van der Waals surface area contributed by atoms with Crippen LogP contribution in [0.1, 0.15) is 5.76 Å². The predicted octanol–water partition coefficient (Wildman–Crippen LogP) is 2.18. The Morgan fingerprint density at radius 3 is 2.68 bits per heavy atom. The molecule has 5 rings (SSSR count). The minimum atomic E-state index is -0.485. The highest BCUT2D eigenvalue weighted by molar-refractivity contribution is 7.17. The molecule has 0 atom stereocenters. The van der Waals surface area contributed by atoms with E-state index in [2.05, 4.69) is 5.10 Å². The number of benzene rings is 1. The second-order valence-electron chi connectivity index (χ2n) is 6.97. The summed E-state index contributed by atoms with van der Waals surface area (Å²) in [6, 6.07) is 14.3. The zero-order chi connectivity index (χ0) is 21.5. The maximum Gasteiger partial charge on any atom is 0.352 e. The Morgan fingerprint density at radius 1 is 1.13 bits per heavy atom. The molecule has 0 saturated carbocycles. The molecule has 4 aromatic heterocycles. The van der Waals surface area contributed by atoms with Gasteiger partial charge in [-0.05, 0) is 35.7 Å². The summed E-state index contributed by atoms with van der Waals surface area (Å²) in [4.78, 5) is 40.5. The Hall–Kier alpha value is -3.92. The van der Waals surface area contributed by atoms with Crippen molar-refractivity contribution < 1.29 is 9.21 Å². The van der Waals surface area contributed by atoms with Crippen molar-refractivity contribution >= 4 is 38.9 Å². The average molecular weight is 435 g/mol. The van der Waals surface area contributed by atoms with Crippen LogP contribution in [0, 0.1) is 0 Å². The molecule has 0 unspecified atom stereocenters. The van der Waals surface area contributed by atoms with Crippen LogP contribution in [0.15, 0.2) is 74.2 Å². The molecule has 0 N–H and O–H groups in total. The third kappa shape index (κ3) is 3.17. The molecule has 0 aliphatic carbocycles. The second-order valence-corrected chi connectivity index (χ2v) is 7.89. The summed E-state index contributed by atoms with van der Waals surface area (Å²) in [6.07, 6.45) is 1.52. The molecule has 0 bridgehead atoms. The van der Waals surface area contributed by atoms with E-state index in [1.165, 1.54) is 31.5 Å². The van der Waals surface area contributed by atoms with Crippen LogP contribution in [0.2, 0.25) is 0 Å². The lowest BCUT2D eigenvalue weighted by atomic mass is 10.3. The number of para-hydroxylation sites is 1. The van der Waals surface area contributed by atoms with E-state index in [4.69, 9.17) is 4.42 Å². The van der Waals surface area contributed by atoms with Gasteiger partial charge in [-0.25, -0.2) is 13.9 Å². The van der Waals surface area contributed by atoms with Gasteiger partial charge >= 0.3 is 5.69 Å². The Morgan fingerprint density at radius 2 is 1.94 bits per heavy atom. The molecule has 9 nitrogen and oxygen atoms in total. The van der Waals surface area contributed by atoms with Crippen molar-refractivity contribution in [1.29, 1.82) is 0 Å². The highest BCUT2D eigenvalue weighted by Gasteiger charge is 2.21. The van der Waals surface area contributed by atoms with Gasteiger partial charge < -0.3 is 9.32 Å². The lowest BCUT2D eigenvalue weighted by Gasteiger charge is -2.16. The van der Waals surface area contributed by atoms with Crippen molar-refractivity contribution in [1.82, 2.24) is 18.7 Å². The van der Waals surface area contributed by atoms with Gasteiger partial charge in [-0.3, -0.25) is 14.2 Å². The van der Waals surface area contributed by atoms with Crippen LogP contribution in [0.4, 0.5) is 5.69 Å². The van der Waals surface area contributed by atoms with Crippen LogP contribution < -0.4 is 16.1 Å². The van der Waals surface area contributed by atoms with E-state index < -0.39 is 5.69 Å². The van der Waals surface area contributed by atoms with Crippen LogP contribution in [0.25, 0.3) is 16.0 Å². The van der Waals surface area contributed by atoms with Gasteiger partial charge in [-0.1, -0.05) is 18.2 Å². The topological polar surface area (TPSA) is 94.8 Å². The number of aromatic nitrogens is 4. The maximum atomic E-state index is 13.2. The van der Waals surface area contributed by atoms with Crippen LogP contribution in [-0.2, 0) is 17.9 Å². The van der Waals surface area contributed by atoms with E-state index in [-0.39, 0.29) is 30.3 Å². The zero-order valence-electron chi connectivity index (χ0n) is 16.5. The number of likely N-dealkylation sites (N-methyl/N-ethyl adjacent to an activating group) is 1. The van der Waals surface area contributed by atoms with E-state index in [0.29, 0.717) is 21.7 Å². The van der Waals surface area contributed by atoms with Crippen LogP contribution in [0.3, 0.4) is 0 Å². The molecule has 31 heavy (non-hydrogen) atoms. The molecular weight excluding hydrogens is 418 g/mol. The van der Waals surface area contributed by atoms with Gasteiger partial charge in [0.25, 0.3) is 5.56 Å². The number of amides is 1. The highest BCUT2D eigenvalue weighted by Crippen LogP contribution is 2.18. The number of fused-ring (bicyclic) bond motifs is 3. The third-order valence-corrected chi connectivity index (χ3v) is 5.98. The number of rotatable bonds is 5. The molecule has 1 amide bonds. The summed E-state index contributed by atoms with van der Waals surface area (Å²) in [5, 5.41) is 6.10. The van der Waals surface area contributed by atoms with Gasteiger partial charge in [0.05, 0.1) is 18.3 Å². The molecule has 0 saturated heterocycles. The monoisotopic (exact) mass is 435 g/mol. The Kier molecular flexibility index (Phi) is 4.55. The van der Waals surface area contributed by atoms with Crippen molar-refractivity contribution in [3.63, 3.8) is 0 Å². The largest absolute Gasteiger partial charge is 0.467 e. The highest BCUT2D eigenvalue weighted by atomic mass is 32.1. The van der Waals surface area contributed by atoms with Crippen molar-refractivity contribution in [3.05, 3.63) is 86.8 Å². The number of hydrogen-bond acceptors (Lipinski definition) is 6. The molecule has 0 spiro atoms. The fourth-order valence-corrected chi connectivity index (χ4v) is 4.29. The molecular formula is C21H17N5O4S. The Labute approximate surface area is 179 Å². The number of thiophene rings is 1. The van der Waals surface area contributed by atoms with Gasteiger partial charge in [-0.15, -0.1) is 16.4 Å². The van der Waals surface area contributed by atoms with E-state index in [0.717, 1.165) is 4.68 Å². The van der Waals surface area contributed by atoms with Gasteiger partial charge in [0, 0.05) is 12.7 Å². The zero-order valence-corrected chi connectivity index (χ0v) is 17.3. The van der Waals surface area contributed by atoms with E-state index in [1.54, 1.807) is 42.8 Å². The molecule has 0 fully saturated rings. The minimum absolute atomic E-state index is 0.123. The summed E-state index contributed by atoms with van der Waals surface area (Å²) < 4.78 is 9.66. The lowest BCUT2D eigenvalue weighted by molar-refractivity contribution is -0.119. The van der Waals surface area contributed by atoms with Gasteiger partial charge in [0.2, 0.25) is 11.7 Å². The minimum Gasteiger partial charge on any atom is -0.467 e. The van der Waals surface area contributed by atoms with E-state index in [9.17, 15) is 14.4 Å². The van der Waals surface area contributed by atoms with Crippen molar-refractivity contribution in [2.24, 2.45) is 0 Å². The summed E-state index contributed by atoms with van der Waals surface area (Å²) in [7, 11) is 1.64. The van der Waals surface area contributed by atoms with Crippen molar-refractivity contribution in [2.45, 2.75) is 13.1 Å². The predicted molar refractivity (Wildman–Crippen MR) is 117 cm³/mol. The number of hydrogen-bond donors (Lipinski definition) is 0. The van der Waals surface area contributed by atoms with E-state index in [1.807, 2.05) is 18.2 Å². The molecule has 0 aliphatic heterocycles. The quantitative estimate of drug-likeness (QED) is 0.422. The number of carbonyl (C=O) groups excluding carboxylic acids is 1. The van der Waals surface area contributed by atoms with Crippen molar-refractivity contribution in [3.8, 4) is 0 Å². The first-order chi connectivity index (χ1) is 15.0. The van der Waals surface area contributed by atoms with Gasteiger partial charge in [-0.2, -0.15) is 0 Å². The molecule has 0 aliphatic rings. The molecule has 5 aromatic rings. The Bertz CT molecular complexity index is 1510. The first-order valence-corrected chi connectivity index (χ1v) is 10.4. The summed E-state index contributed by atoms with van der Waals surface area (Å²) in [5.41, 5.74) is 0.431. The first-order valence-electron chi connectivity index (χ1n) is 9.48. The molecule has 10 heteroatoms. The third-order valence-electron chi connectivity index (χ3n) is 5.09. The SMILES string of the molecule is CN(C(=O)Cn1nc2n(Cc3ccco3)c(=O)c3sccc3n2c1=O)c1ccccc1. The summed E-state index contributed by atoms with van der Waals surface area (Å²) in [6.45, 7) is -0.135. The fourth-order valence-electron chi connectivity index (χ4n) is 3.47. The van der Waals surface area contributed by atoms with Crippen LogP contribution in [-0.4, -0.2) is 31.7 Å². The number of carbonyl (C=O) groups is 1. The van der Waals surface area contributed by atoms with Crippen LogP contribution in [0.5, 0.6) is 0 Å². The molecule has 4 heterocycles. The molecule has 1 aromatic carbocycles. The number of nitrogens with zero attached hydrogens (tertiary/aromatic N) is 5. The average Bonchev–Trinajstić information content (AvgIpc) is 3.52. The lowest BCUT2D eigenvalue weighted by Crippen LogP contribution is -2.34. The Balaban J connectivity index is 1.62. The maximum absolute atomic E-state index is 13.2. The van der Waals surface area contributed by atoms with E-state index >= 15 is 0 Å². The fraction of sp³-hybridized carbons (Fsp3) is 0.143. The standard InChI is InChI=1S/C21H17N5O4S/c1-23(14-6-3-2-4-7-14)17(27)13-25-21(29)26-16-9-11-31-18(16)19(28)24(20(26)22-25)12-15-8-5-10-30-15/h2-11H,12-13H2,1H3. The molecule has 0 radical (unpaired) electrons. The summed E-state index contributed by atoms with van der Waals surface area (Å²) >= 11 is 1.25. The van der Waals surface area contributed by atoms with Crippen LogP contribution >= 0.6 is 11.3 Å². The normalized spacial score (nSPS) is 11.4. The van der Waals surface area contributed by atoms with Gasteiger partial charge in [0.1, 0.15) is 17.0 Å².